The summed E-state index contributed by atoms with van der Waals surface area (Å²) in [5.74, 6) is -1.19. The number of aliphatic hydroxyl groups excluding tert-OH is 1. The molecule has 0 aliphatic carbocycles. The Labute approximate surface area is 185 Å². The molecule has 5 nitrogen and oxygen atoms in total. The average molecular weight is 434 g/mol. The minimum atomic E-state index is -0.773. The van der Waals surface area contributed by atoms with Crippen LogP contribution in [0.25, 0.3) is 11.1 Å². The molecule has 0 spiro atoms. The van der Waals surface area contributed by atoms with Gasteiger partial charge in [0.2, 0.25) is 0 Å². The van der Waals surface area contributed by atoms with Crippen LogP contribution in [0.2, 0.25) is 0 Å². The maximum Gasteiger partial charge on any atom is 0.294 e. The molecule has 1 N–H and O–H groups in total. The zero-order chi connectivity index (χ0) is 22.1. The van der Waals surface area contributed by atoms with Crippen LogP contribution in [0.3, 0.4) is 0 Å². The van der Waals surface area contributed by atoms with Gasteiger partial charge in [-0.3, -0.25) is 14.5 Å². The zero-order valence-electron chi connectivity index (χ0n) is 17.5. The number of para-hydroxylation sites is 1. The van der Waals surface area contributed by atoms with E-state index in [4.69, 9.17) is 4.74 Å². The summed E-state index contributed by atoms with van der Waals surface area (Å²) in [7, 11) is 1.54. The van der Waals surface area contributed by atoms with E-state index in [1.165, 1.54) is 4.90 Å². The number of hydrogen-bond donors (Lipinski definition) is 1. The summed E-state index contributed by atoms with van der Waals surface area (Å²) in [6, 6.07) is 16.1. The first-order valence-corrected chi connectivity index (χ1v) is 10.9. The molecule has 0 saturated heterocycles. The van der Waals surface area contributed by atoms with Gasteiger partial charge in [0.05, 0.1) is 18.7 Å². The molecule has 158 valence electrons. The molecule has 1 aliphatic heterocycles. The Kier molecular flexibility index (Phi) is 5.65. The molecule has 6 heteroatoms. The minimum Gasteiger partial charge on any atom is -0.503 e. The van der Waals surface area contributed by atoms with Crippen molar-refractivity contribution in [3.63, 3.8) is 0 Å². The Hall–Kier alpha value is -3.38. The van der Waals surface area contributed by atoms with Crippen LogP contribution in [0.15, 0.2) is 76.7 Å². The highest BCUT2D eigenvalue weighted by molar-refractivity contribution is 7.08. The monoisotopic (exact) mass is 433 g/mol. The van der Waals surface area contributed by atoms with Crippen LogP contribution in [0.4, 0.5) is 5.69 Å². The Morgan fingerprint density at radius 1 is 1.06 bits per heavy atom. The van der Waals surface area contributed by atoms with Crippen molar-refractivity contribution < 1.29 is 19.4 Å². The van der Waals surface area contributed by atoms with Crippen molar-refractivity contribution in [3.05, 3.63) is 82.3 Å². The molecule has 3 aromatic rings. The number of ketones is 1. The van der Waals surface area contributed by atoms with Gasteiger partial charge >= 0.3 is 0 Å². The number of carbonyl (C=O) groups excluding carboxylic acids is 2. The fourth-order valence-corrected chi connectivity index (χ4v) is 4.53. The molecule has 0 unspecified atom stereocenters. The molecule has 0 bridgehead atoms. The maximum absolute atomic E-state index is 13.2. The van der Waals surface area contributed by atoms with Gasteiger partial charge in [-0.25, -0.2) is 0 Å². The van der Waals surface area contributed by atoms with Gasteiger partial charge in [0.15, 0.2) is 11.5 Å². The van der Waals surface area contributed by atoms with Gasteiger partial charge in [-0.05, 0) is 46.2 Å². The molecule has 1 aromatic heterocycles. The first kappa shape index (κ1) is 20.9. The third kappa shape index (κ3) is 3.64. The van der Waals surface area contributed by atoms with Gasteiger partial charge < -0.3 is 9.84 Å². The van der Waals surface area contributed by atoms with E-state index in [0.717, 1.165) is 11.1 Å². The lowest BCUT2D eigenvalue weighted by Gasteiger charge is -2.28. The zero-order valence-corrected chi connectivity index (χ0v) is 18.3. The molecule has 0 fully saturated rings. The van der Waals surface area contributed by atoms with E-state index >= 15 is 0 Å². The van der Waals surface area contributed by atoms with Gasteiger partial charge in [0.25, 0.3) is 5.91 Å². The maximum atomic E-state index is 13.2. The summed E-state index contributed by atoms with van der Waals surface area (Å²) in [5.41, 5.74) is 3.47. The highest BCUT2D eigenvalue weighted by Gasteiger charge is 2.45. The van der Waals surface area contributed by atoms with Gasteiger partial charge in [0, 0.05) is 17.2 Å². The number of hydrogen-bond acceptors (Lipinski definition) is 5. The topological polar surface area (TPSA) is 66.8 Å². The van der Waals surface area contributed by atoms with Crippen LogP contribution in [0, 0.1) is 5.92 Å². The van der Waals surface area contributed by atoms with E-state index in [-0.39, 0.29) is 17.3 Å². The molecule has 4 rings (SSSR count). The third-order valence-electron chi connectivity index (χ3n) is 5.43. The SMILES string of the molecule is COc1ccccc1[C@H]1C(C(=O)C(C)C)=C(O)C(=O)N1c1ccc(-c2ccsc2)cc1. The first-order valence-electron chi connectivity index (χ1n) is 10.0. The summed E-state index contributed by atoms with van der Waals surface area (Å²) in [6.45, 7) is 3.51. The lowest BCUT2D eigenvalue weighted by atomic mass is 9.90. The van der Waals surface area contributed by atoms with Crippen molar-refractivity contribution in [1.82, 2.24) is 0 Å². The van der Waals surface area contributed by atoms with Crippen LogP contribution >= 0.6 is 11.3 Å². The standard InChI is InChI=1S/C25H23NO4S/c1-15(2)23(27)21-22(19-6-4-5-7-20(19)30-3)26(25(29)24(21)28)18-10-8-16(9-11-18)17-12-13-31-14-17/h4-15,22,28H,1-3H3/t22-/m0/s1. The normalized spacial score (nSPS) is 16.3. The smallest absolute Gasteiger partial charge is 0.294 e. The average Bonchev–Trinajstić information content (AvgIpc) is 3.41. The van der Waals surface area contributed by atoms with E-state index in [0.29, 0.717) is 17.0 Å². The van der Waals surface area contributed by atoms with Crippen LogP contribution < -0.4 is 9.64 Å². The third-order valence-corrected chi connectivity index (χ3v) is 6.11. The number of benzene rings is 2. The minimum absolute atomic E-state index is 0.103. The van der Waals surface area contributed by atoms with Gasteiger partial charge in [-0.2, -0.15) is 11.3 Å². The number of aliphatic hydroxyl groups is 1. The second-order valence-corrected chi connectivity index (χ2v) is 8.44. The van der Waals surface area contributed by atoms with Crippen molar-refractivity contribution in [3.8, 4) is 16.9 Å². The van der Waals surface area contributed by atoms with Crippen LogP contribution in [-0.4, -0.2) is 23.9 Å². The Morgan fingerprint density at radius 2 is 1.77 bits per heavy atom. The predicted molar refractivity (Wildman–Crippen MR) is 122 cm³/mol. The van der Waals surface area contributed by atoms with Gasteiger partial charge in [-0.15, -0.1) is 0 Å². The molecule has 2 aromatic carbocycles. The fourth-order valence-electron chi connectivity index (χ4n) is 3.86. The molecule has 1 atom stereocenters. The van der Waals surface area contributed by atoms with Gasteiger partial charge in [0.1, 0.15) is 5.75 Å². The molecule has 2 heterocycles. The van der Waals surface area contributed by atoms with Crippen LogP contribution in [-0.2, 0) is 9.59 Å². The number of amides is 1. The van der Waals surface area contributed by atoms with E-state index in [1.807, 2.05) is 53.9 Å². The number of ether oxygens (including phenoxy) is 1. The van der Waals surface area contributed by atoms with Crippen molar-refractivity contribution in [2.24, 2.45) is 5.92 Å². The number of nitrogens with zero attached hydrogens (tertiary/aromatic N) is 1. The van der Waals surface area contributed by atoms with E-state index in [1.54, 1.807) is 38.4 Å². The lowest BCUT2D eigenvalue weighted by molar-refractivity contribution is -0.119. The number of Topliss-reactive ketones (excluding diaryl/α,β-unsaturated/α-hetero) is 1. The molecule has 0 saturated carbocycles. The Morgan fingerprint density at radius 3 is 2.39 bits per heavy atom. The highest BCUT2D eigenvalue weighted by atomic mass is 32.1. The van der Waals surface area contributed by atoms with Crippen molar-refractivity contribution >= 4 is 28.7 Å². The van der Waals surface area contributed by atoms with Crippen molar-refractivity contribution in [2.45, 2.75) is 19.9 Å². The molecule has 1 amide bonds. The number of methoxy groups -OCH3 is 1. The van der Waals surface area contributed by atoms with Crippen molar-refractivity contribution in [2.75, 3.05) is 12.0 Å². The Balaban J connectivity index is 1.84. The summed E-state index contributed by atoms with van der Waals surface area (Å²) in [5, 5.41) is 14.8. The summed E-state index contributed by atoms with van der Waals surface area (Å²) in [4.78, 5) is 27.7. The molecular formula is C25H23NO4S. The van der Waals surface area contributed by atoms with Crippen LogP contribution in [0.5, 0.6) is 5.75 Å². The lowest BCUT2D eigenvalue weighted by Crippen LogP contribution is -2.31. The van der Waals surface area contributed by atoms with Gasteiger partial charge in [-0.1, -0.05) is 44.2 Å². The quantitative estimate of drug-likeness (QED) is 0.554. The fraction of sp³-hybridized carbons (Fsp3) is 0.200. The summed E-state index contributed by atoms with van der Waals surface area (Å²) < 4.78 is 5.52. The second-order valence-electron chi connectivity index (χ2n) is 7.66. The molecule has 31 heavy (non-hydrogen) atoms. The largest absolute Gasteiger partial charge is 0.503 e. The van der Waals surface area contributed by atoms with Crippen molar-refractivity contribution in [1.29, 1.82) is 0 Å². The molecule has 1 aliphatic rings. The molecule has 0 radical (unpaired) electrons. The first-order chi connectivity index (χ1) is 14.9. The summed E-state index contributed by atoms with van der Waals surface area (Å²) in [6.07, 6.45) is 0. The van der Waals surface area contributed by atoms with E-state index in [9.17, 15) is 14.7 Å². The Bertz CT molecular complexity index is 1150. The number of carbonyl (C=O) groups is 2. The number of rotatable bonds is 6. The number of anilines is 1. The molecular weight excluding hydrogens is 410 g/mol. The van der Waals surface area contributed by atoms with E-state index < -0.39 is 17.7 Å². The highest BCUT2D eigenvalue weighted by Crippen LogP contribution is 2.44. The predicted octanol–water partition coefficient (Wildman–Crippen LogP) is 5.55. The number of thiophene rings is 1. The summed E-state index contributed by atoms with van der Waals surface area (Å²) >= 11 is 1.62. The van der Waals surface area contributed by atoms with Crippen LogP contribution in [0.1, 0.15) is 25.5 Å². The van der Waals surface area contributed by atoms with E-state index in [2.05, 4.69) is 5.38 Å². The second kappa shape index (κ2) is 8.40.